The van der Waals surface area contributed by atoms with Crippen LogP contribution in [0.5, 0.6) is 0 Å². The largest absolute Gasteiger partial charge is 0.355 e. The average Bonchev–Trinajstić information content (AvgIpc) is 3.13. The van der Waals surface area contributed by atoms with Crippen molar-refractivity contribution in [2.24, 2.45) is 0 Å². The minimum absolute atomic E-state index is 0.130. The Kier molecular flexibility index (Phi) is 12.8. The summed E-state index contributed by atoms with van der Waals surface area (Å²) in [5.41, 5.74) is 13.6. The number of nitrogens with one attached hydrogen (secondary N) is 3. The summed E-state index contributed by atoms with van der Waals surface area (Å²) in [7, 11) is -13.4. The third kappa shape index (κ3) is 9.54. The van der Waals surface area contributed by atoms with E-state index < -0.39 is 30.4 Å². The van der Waals surface area contributed by atoms with E-state index >= 15 is 0 Å². The number of benzene rings is 6. The molecule has 15 heteroatoms. The highest BCUT2D eigenvalue weighted by molar-refractivity contribution is 7.86. The summed E-state index contributed by atoms with van der Waals surface area (Å²) in [6.07, 6.45) is 0. The molecule has 0 atom stereocenters. The number of hydrogen-bond donors (Lipinski definition) is 6. The first-order valence-corrected chi connectivity index (χ1v) is 24.4. The van der Waals surface area contributed by atoms with Gasteiger partial charge in [-0.2, -0.15) is 25.3 Å². The maximum Gasteiger partial charge on any atom is 0.295 e. The zero-order valence-corrected chi connectivity index (χ0v) is 39.5. The van der Waals surface area contributed by atoms with Gasteiger partial charge in [0.2, 0.25) is 0 Å². The van der Waals surface area contributed by atoms with Crippen molar-refractivity contribution in [1.29, 1.82) is 0 Å². The topological polar surface area (TPSA) is 199 Å². The molecule has 6 aromatic rings. The van der Waals surface area contributed by atoms with Crippen LogP contribution >= 0.6 is 0 Å². The second-order valence-electron chi connectivity index (χ2n) is 16.5. The minimum atomic E-state index is -4.48. The summed E-state index contributed by atoms with van der Waals surface area (Å²) in [6.45, 7) is 19.5. The first-order valence-electron chi connectivity index (χ1n) is 20.1. The Hall–Kier alpha value is -5.55. The van der Waals surface area contributed by atoms with Gasteiger partial charge in [0.25, 0.3) is 30.4 Å². The Morgan fingerprint density at radius 1 is 0.365 bits per heavy atom. The molecule has 0 saturated heterocycles. The highest BCUT2D eigenvalue weighted by Gasteiger charge is 2.26. The van der Waals surface area contributed by atoms with Crippen LogP contribution in [0.1, 0.15) is 83.8 Å². The van der Waals surface area contributed by atoms with Crippen LogP contribution in [0, 0.1) is 76.2 Å². The fourth-order valence-corrected chi connectivity index (χ4v) is 12.1. The van der Waals surface area contributed by atoms with Gasteiger partial charge in [-0.25, -0.2) is 0 Å². The van der Waals surface area contributed by atoms with E-state index in [0.29, 0.717) is 61.8 Å². The highest BCUT2D eigenvalue weighted by atomic mass is 32.2. The van der Waals surface area contributed by atoms with Crippen LogP contribution < -0.4 is 16.0 Å². The first kappa shape index (κ1) is 46.9. The smallest absolute Gasteiger partial charge is 0.295 e. The van der Waals surface area contributed by atoms with E-state index in [9.17, 15) is 38.9 Å². The Morgan fingerprint density at radius 3 is 0.905 bits per heavy atom. The van der Waals surface area contributed by atoms with E-state index in [-0.39, 0.29) is 20.6 Å². The van der Waals surface area contributed by atoms with Crippen molar-refractivity contribution in [2.75, 3.05) is 16.0 Å². The highest BCUT2D eigenvalue weighted by Crippen LogP contribution is 2.41. The van der Waals surface area contributed by atoms with Gasteiger partial charge in [-0.1, -0.05) is 42.5 Å². The van der Waals surface area contributed by atoms with Crippen molar-refractivity contribution < 1.29 is 38.9 Å². The van der Waals surface area contributed by atoms with Crippen LogP contribution in [0.2, 0.25) is 0 Å². The second kappa shape index (κ2) is 17.2. The molecule has 0 saturated carbocycles. The fraction of sp³-hybridized carbons (Fsp3) is 0.250. The lowest BCUT2D eigenvalue weighted by Gasteiger charge is -2.25. The first-order chi connectivity index (χ1) is 29.2. The van der Waals surface area contributed by atoms with Crippen LogP contribution in [-0.2, 0) is 30.4 Å². The van der Waals surface area contributed by atoms with Crippen molar-refractivity contribution >= 4 is 64.5 Å². The maximum absolute atomic E-state index is 12.4. The van der Waals surface area contributed by atoms with E-state index in [0.717, 1.165) is 50.2 Å². The molecule has 6 N–H and O–H groups in total. The molecule has 332 valence electrons. The molecule has 0 amide bonds. The number of aryl methyl sites for hydroxylation is 8. The van der Waals surface area contributed by atoms with Crippen LogP contribution in [0.25, 0.3) is 0 Å². The molecule has 63 heavy (non-hydrogen) atoms. The van der Waals surface area contributed by atoms with Gasteiger partial charge in [-0.15, -0.1) is 0 Å². The predicted octanol–water partition coefficient (Wildman–Crippen LogP) is 11.2. The molecule has 0 fully saturated rings. The van der Waals surface area contributed by atoms with Crippen molar-refractivity contribution in [3.8, 4) is 0 Å². The Morgan fingerprint density at radius 2 is 0.635 bits per heavy atom. The van der Waals surface area contributed by atoms with Gasteiger partial charge in [0.15, 0.2) is 0 Å². The molecule has 6 aromatic carbocycles. The van der Waals surface area contributed by atoms with E-state index in [2.05, 4.69) is 16.0 Å². The SMILES string of the molecule is Cc1cc(C)c(S(=O)(=O)O)c(C)c1Nc1ccc(C(c2ccc(Nc3c(C)cc(C)c(S(=O)(=O)O)c3C)cc2)c2c(C)cc(Nc3c(C)cc(C)c(S(=O)(=O)O)c3C)cc2C)cc1. The van der Waals surface area contributed by atoms with Crippen LogP contribution in [0.15, 0.2) is 93.5 Å². The number of anilines is 6. The quantitative estimate of drug-likeness (QED) is 0.0502. The van der Waals surface area contributed by atoms with E-state index in [1.807, 2.05) is 95.3 Å². The molecule has 0 aromatic heterocycles. The maximum atomic E-state index is 12.4. The number of rotatable bonds is 12. The van der Waals surface area contributed by atoms with E-state index in [1.54, 1.807) is 59.7 Å². The molecular weight excluding hydrogens is 859 g/mol. The Bertz CT molecular complexity index is 3000. The zero-order chi connectivity index (χ0) is 46.7. The minimum Gasteiger partial charge on any atom is -0.355 e. The zero-order valence-electron chi connectivity index (χ0n) is 37.1. The normalized spacial score (nSPS) is 12.2. The molecular formula is C48H53N3O9S3. The molecule has 0 unspecified atom stereocenters. The third-order valence-electron chi connectivity index (χ3n) is 11.7. The second-order valence-corrected chi connectivity index (χ2v) is 20.6. The van der Waals surface area contributed by atoms with Gasteiger partial charge in [-0.05, 0) is 190 Å². The molecule has 6 rings (SSSR count). The molecule has 0 spiro atoms. The van der Waals surface area contributed by atoms with Crippen LogP contribution in [-0.4, -0.2) is 38.9 Å². The summed E-state index contributed by atoms with van der Waals surface area (Å²) in [5, 5.41) is 10.1. The molecule has 0 radical (unpaired) electrons. The lowest BCUT2D eigenvalue weighted by Crippen LogP contribution is -2.10. The van der Waals surface area contributed by atoms with Gasteiger partial charge in [0.1, 0.15) is 14.7 Å². The molecule has 0 aliphatic carbocycles. The Balaban J connectivity index is 1.44. The standard InChI is InChI=1S/C48H53N3O9S3/c1-25-23-40(51-45-29(5)22-32(8)48(35(45)11)63(58,59)60)24-26(2)41(25)42(36-12-16-38(17-13-36)49-43-27(3)20-30(6)46(33(43)9)61(52,53)54)37-14-18-39(19-15-37)50-44-28(4)21-31(7)47(34(44)10)62(55,56)57/h12-24,42,49-51H,1-11H3,(H,52,53,54)(H,55,56,57)(H,58,59,60). The summed E-state index contributed by atoms with van der Waals surface area (Å²) < 4.78 is 104. The fourth-order valence-electron chi connectivity index (χ4n) is 9.25. The van der Waals surface area contributed by atoms with Crippen molar-refractivity contribution in [2.45, 2.75) is 96.8 Å². The Labute approximate surface area is 371 Å². The van der Waals surface area contributed by atoms with Gasteiger partial charge < -0.3 is 16.0 Å². The predicted molar refractivity (Wildman–Crippen MR) is 251 cm³/mol. The summed E-state index contributed by atoms with van der Waals surface area (Å²) in [4.78, 5) is -0.394. The molecule has 0 aliphatic heterocycles. The van der Waals surface area contributed by atoms with Gasteiger partial charge in [-0.3, -0.25) is 13.7 Å². The summed E-state index contributed by atoms with van der Waals surface area (Å²) in [5.74, 6) is -0.306. The molecule has 0 aliphatic rings. The average molecular weight is 912 g/mol. The van der Waals surface area contributed by atoms with E-state index in [1.165, 1.54) is 0 Å². The summed E-state index contributed by atoms with van der Waals surface area (Å²) >= 11 is 0. The van der Waals surface area contributed by atoms with Gasteiger partial charge >= 0.3 is 0 Å². The van der Waals surface area contributed by atoms with Crippen LogP contribution in [0.3, 0.4) is 0 Å². The van der Waals surface area contributed by atoms with E-state index in [4.69, 9.17) is 0 Å². The molecule has 0 bridgehead atoms. The van der Waals surface area contributed by atoms with Crippen LogP contribution in [0.4, 0.5) is 34.1 Å². The lowest BCUT2D eigenvalue weighted by molar-refractivity contribution is 0.479. The number of hydrogen-bond acceptors (Lipinski definition) is 9. The van der Waals surface area contributed by atoms with Gasteiger partial charge in [0.05, 0.1) is 0 Å². The van der Waals surface area contributed by atoms with Crippen molar-refractivity contribution in [3.63, 3.8) is 0 Å². The lowest BCUT2D eigenvalue weighted by atomic mass is 9.80. The molecule has 0 heterocycles. The van der Waals surface area contributed by atoms with Crippen molar-refractivity contribution in [1.82, 2.24) is 0 Å². The third-order valence-corrected chi connectivity index (χ3v) is 15.1. The van der Waals surface area contributed by atoms with Gasteiger partial charge in [0, 0.05) is 40.0 Å². The summed E-state index contributed by atoms with van der Waals surface area (Å²) in [6, 6.07) is 24.8. The molecule has 12 nitrogen and oxygen atoms in total. The monoisotopic (exact) mass is 911 g/mol. The van der Waals surface area contributed by atoms with Crippen molar-refractivity contribution in [3.05, 3.63) is 157 Å².